The number of benzene rings is 1. The Morgan fingerprint density at radius 1 is 1.25 bits per heavy atom. The minimum atomic E-state index is -0.371. The van der Waals surface area contributed by atoms with Crippen molar-refractivity contribution in [1.82, 2.24) is 20.5 Å². The number of rotatable bonds is 5. The number of hydrogen-bond acceptors (Lipinski definition) is 5. The highest BCUT2D eigenvalue weighted by molar-refractivity contribution is 6.04. The van der Waals surface area contributed by atoms with E-state index in [9.17, 15) is 9.59 Å². The molecule has 1 amide bonds. The summed E-state index contributed by atoms with van der Waals surface area (Å²) in [7, 11) is 0. The number of H-pyrrole nitrogens is 1. The minimum absolute atomic E-state index is 0.179. The second-order valence-corrected chi connectivity index (χ2v) is 5.27. The standard InChI is InChI=1S/C17H16N4O3/c1-11(24-12-5-4-8-18-10-12)9-19-17(23)15-13-6-2-3-7-14(13)16(22)21-20-15/h2-8,10-11H,9H2,1H3,(H,19,23)(H,21,22). The van der Waals surface area contributed by atoms with Crippen LogP contribution >= 0.6 is 0 Å². The highest BCUT2D eigenvalue weighted by Gasteiger charge is 2.15. The molecule has 0 saturated carbocycles. The molecular formula is C17H16N4O3. The van der Waals surface area contributed by atoms with Crippen molar-refractivity contribution < 1.29 is 9.53 Å². The molecule has 0 aliphatic rings. The summed E-state index contributed by atoms with van der Waals surface area (Å²) in [4.78, 5) is 28.1. The first-order valence-corrected chi connectivity index (χ1v) is 7.47. The quantitative estimate of drug-likeness (QED) is 0.741. The first-order valence-electron chi connectivity index (χ1n) is 7.47. The molecule has 2 aromatic heterocycles. The second-order valence-electron chi connectivity index (χ2n) is 5.27. The van der Waals surface area contributed by atoms with E-state index in [2.05, 4.69) is 20.5 Å². The number of nitrogens with zero attached hydrogens (tertiary/aromatic N) is 2. The van der Waals surface area contributed by atoms with Gasteiger partial charge in [-0.1, -0.05) is 18.2 Å². The summed E-state index contributed by atoms with van der Waals surface area (Å²) in [5.41, 5.74) is -0.144. The second kappa shape index (κ2) is 6.91. The molecule has 3 rings (SSSR count). The smallest absolute Gasteiger partial charge is 0.272 e. The first-order chi connectivity index (χ1) is 11.6. The van der Waals surface area contributed by atoms with Crippen LogP contribution in [0.1, 0.15) is 17.4 Å². The molecule has 1 unspecified atom stereocenters. The van der Waals surface area contributed by atoms with E-state index in [0.29, 0.717) is 23.1 Å². The van der Waals surface area contributed by atoms with Crippen molar-refractivity contribution >= 4 is 16.7 Å². The molecule has 1 atom stereocenters. The van der Waals surface area contributed by atoms with Crippen LogP contribution in [0.2, 0.25) is 0 Å². The third kappa shape index (κ3) is 3.40. The number of carbonyl (C=O) groups is 1. The third-order valence-corrected chi connectivity index (χ3v) is 3.43. The van der Waals surface area contributed by atoms with E-state index in [1.807, 2.05) is 6.92 Å². The molecule has 24 heavy (non-hydrogen) atoms. The van der Waals surface area contributed by atoms with Crippen molar-refractivity contribution in [2.24, 2.45) is 0 Å². The molecule has 2 N–H and O–H groups in total. The Morgan fingerprint density at radius 3 is 2.79 bits per heavy atom. The Bertz CT molecular complexity index is 908. The highest BCUT2D eigenvalue weighted by Crippen LogP contribution is 2.12. The van der Waals surface area contributed by atoms with E-state index in [1.165, 1.54) is 0 Å². The fourth-order valence-corrected chi connectivity index (χ4v) is 2.30. The van der Waals surface area contributed by atoms with Crippen LogP contribution < -0.4 is 15.6 Å². The van der Waals surface area contributed by atoms with E-state index >= 15 is 0 Å². The van der Waals surface area contributed by atoms with E-state index in [0.717, 1.165) is 0 Å². The number of aromatic amines is 1. The number of amides is 1. The molecule has 0 bridgehead atoms. The van der Waals surface area contributed by atoms with Crippen molar-refractivity contribution in [2.75, 3.05) is 6.54 Å². The summed E-state index contributed by atoms with van der Waals surface area (Å²) in [5, 5.41) is 9.92. The van der Waals surface area contributed by atoms with Crippen LogP contribution in [0.3, 0.4) is 0 Å². The molecule has 0 aliphatic carbocycles. The Labute approximate surface area is 137 Å². The van der Waals surface area contributed by atoms with Gasteiger partial charge in [-0.2, -0.15) is 5.10 Å². The minimum Gasteiger partial charge on any atom is -0.487 e. The molecule has 7 heteroatoms. The number of pyridine rings is 1. The monoisotopic (exact) mass is 324 g/mol. The van der Waals surface area contributed by atoms with E-state index in [1.54, 1.807) is 48.8 Å². The van der Waals surface area contributed by atoms with Crippen LogP contribution in [-0.2, 0) is 0 Å². The molecule has 1 aromatic carbocycles. The summed E-state index contributed by atoms with van der Waals surface area (Å²) in [6.45, 7) is 2.13. The molecule has 122 valence electrons. The van der Waals surface area contributed by atoms with Gasteiger partial charge in [0.05, 0.1) is 18.1 Å². The number of hydrogen-bond donors (Lipinski definition) is 2. The van der Waals surface area contributed by atoms with Gasteiger partial charge in [-0.05, 0) is 25.1 Å². The van der Waals surface area contributed by atoms with Crippen molar-refractivity contribution in [2.45, 2.75) is 13.0 Å². The lowest BCUT2D eigenvalue weighted by atomic mass is 10.1. The van der Waals surface area contributed by atoms with Crippen LogP contribution in [0.4, 0.5) is 0 Å². The van der Waals surface area contributed by atoms with Gasteiger partial charge in [-0.3, -0.25) is 14.6 Å². The first kappa shape index (κ1) is 15.7. The normalized spacial score (nSPS) is 11.9. The maximum atomic E-state index is 12.4. The summed E-state index contributed by atoms with van der Waals surface area (Å²) >= 11 is 0. The number of ether oxygens (including phenoxy) is 1. The molecule has 7 nitrogen and oxygen atoms in total. The SMILES string of the molecule is CC(CNC(=O)c1n[nH]c(=O)c2ccccc12)Oc1cccnc1. The largest absolute Gasteiger partial charge is 0.487 e. The van der Waals surface area contributed by atoms with E-state index in [-0.39, 0.29) is 23.3 Å². The van der Waals surface area contributed by atoms with Gasteiger partial charge >= 0.3 is 0 Å². The number of fused-ring (bicyclic) bond motifs is 1. The zero-order chi connectivity index (χ0) is 16.9. The average Bonchev–Trinajstić information content (AvgIpc) is 2.61. The maximum Gasteiger partial charge on any atom is 0.272 e. The van der Waals surface area contributed by atoms with Gasteiger partial charge in [0.15, 0.2) is 5.69 Å². The summed E-state index contributed by atoms with van der Waals surface area (Å²) in [6.07, 6.45) is 3.02. The Kier molecular flexibility index (Phi) is 4.51. The Hall–Kier alpha value is -3.22. The fourth-order valence-electron chi connectivity index (χ4n) is 2.30. The van der Waals surface area contributed by atoms with Crippen molar-refractivity contribution in [3.8, 4) is 5.75 Å². The Balaban J connectivity index is 1.70. The summed E-state index contributed by atoms with van der Waals surface area (Å²) in [5.74, 6) is 0.260. The highest BCUT2D eigenvalue weighted by atomic mass is 16.5. The third-order valence-electron chi connectivity index (χ3n) is 3.43. The molecule has 3 aromatic rings. The van der Waals surface area contributed by atoms with Crippen LogP contribution in [0, 0.1) is 0 Å². The van der Waals surface area contributed by atoms with Crippen LogP contribution in [0.25, 0.3) is 10.8 Å². The fraction of sp³-hybridized carbons (Fsp3) is 0.176. The van der Waals surface area contributed by atoms with E-state index in [4.69, 9.17) is 4.74 Å². The topological polar surface area (TPSA) is 97.0 Å². The van der Waals surface area contributed by atoms with Gasteiger partial charge in [-0.25, -0.2) is 5.10 Å². The van der Waals surface area contributed by atoms with Gasteiger partial charge in [0.1, 0.15) is 11.9 Å². The maximum absolute atomic E-state index is 12.4. The van der Waals surface area contributed by atoms with Gasteiger partial charge in [0, 0.05) is 11.6 Å². The van der Waals surface area contributed by atoms with E-state index < -0.39 is 0 Å². The van der Waals surface area contributed by atoms with Crippen LogP contribution in [0.5, 0.6) is 5.75 Å². The zero-order valence-corrected chi connectivity index (χ0v) is 13.0. The lowest BCUT2D eigenvalue weighted by Crippen LogP contribution is -2.34. The summed E-state index contributed by atoms with van der Waals surface area (Å²) in [6, 6.07) is 10.4. The van der Waals surface area contributed by atoms with Gasteiger partial charge in [0.25, 0.3) is 11.5 Å². The van der Waals surface area contributed by atoms with Crippen molar-refractivity contribution in [1.29, 1.82) is 0 Å². The molecule has 0 saturated heterocycles. The predicted molar refractivity (Wildman–Crippen MR) is 89.0 cm³/mol. The van der Waals surface area contributed by atoms with Gasteiger partial charge in [-0.15, -0.1) is 0 Å². The molecule has 0 radical (unpaired) electrons. The number of nitrogens with one attached hydrogen (secondary N) is 2. The molecule has 0 fully saturated rings. The molecule has 0 spiro atoms. The summed E-state index contributed by atoms with van der Waals surface area (Å²) < 4.78 is 5.65. The number of carbonyl (C=O) groups excluding carboxylic acids is 1. The Morgan fingerprint density at radius 2 is 2.04 bits per heavy atom. The lowest BCUT2D eigenvalue weighted by molar-refractivity contribution is 0.0928. The molecule has 2 heterocycles. The molecule has 0 aliphatic heterocycles. The van der Waals surface area contributed by atoms with Gasteiger partial charge in [0.2, 0.25) is 0 Å². The molecular weight excluding hydrogens is 308 g/mol. The van der Waals surface area contributed by atoms with Gasteiger partial charge < -0.3 is 10.1 Å². The van der Waals surface area contributed by atoms with Crippen LogP contribution in [0.15, 0.2) is 53.6 Å². The average molecular weight is 324 g/mol. The number of aromatic nitrogens is 3. The zero-order valence-electron chi connectivity index (χ0n) is 13.0. The lowest BCUT2D eigenvalue weighted by Gasteiger charge is -2.15. The van der Waals surface area contributed by atoms with Crippen molar-refractivity contribution in [3.05, 3.63) is 64.8 Å². The van der Waals surface area contributed by atoms with Crippen molar-refractivity contribution in [3.63, 3.8) is 0 Å². The van der Waals surface area contributed by atoms with Crippen LogP contribution in [-0.4, -0.2) is 33.7 Å². The predicted octanol–water partition coefficient (Wildman–Crippen LogP) is 1.52.